The second kappa shape index (κ2) is 11.8. The van der Waals surface area contributed by atoms with Crippen molar-refractivity contribution in [1.82, 2.24) is 30.0 Å². The van der Waals surface area contributed by atoms with Gasteiger partial charge in [0.15, 0.2) is 5.82 Å². The molecule has 10 heteroatoms. The van der Waals surface area contributed by atoms with Gasteiger partial charge in [-0.3, -0.25) is 9.89 Å². The number of fused-ring (bicyclic) bond motifs is 2. The molecule has 7 rings (SSSR count). The van der Waals surface area contributed by atoms with E-state index in [1.165, 1.54) is 6.08 Å². The van der Waals surface area contributed by atoms with E-state index in [0.717, 1.165) is 105 Å². The zero-order chi connectivity index (χ0) is 32.2. The number of rotatable bonds is 7. The van der Waals surface area contributed by atoms with Crippen LogP contribution in [0.5, 0.6) is 6.01 Å². The first-order valence-corrected chi connectivity index (χ1v) is 16.4. The van der Waals surface area contributed by atoms with Gasteiger partial charge >= 0.3 is 6.01 Å². The number of nitrogens with zero attached hydrogens (tertiary/aromatic N) is 6. The normalized spacial score (nSPS) is 18.7. The Morgan fingerprint density at radius 3 is 2.54 bits per heavy atom. The van der Waals surface area contributed by atoms with E-state index in [-0.39, 0.29) is 29.0 Å². The van der Waals surface area contributed by atoms with Crippen LogP contribution in [0.3, 0.4) is 0 Å². The lowest BCUT2D eigenvalue weighted by molar-refractivity contribution is -0.139. The zero-order valence-electron chi connectivity index (χ0n) is 27.0. The number of aromatic amines is 1. The molecule has 240 valence electrons. The SMILES string of the molecule is C=CC(=O)N1CC2(CCN(c3nc(OC4CCN(CC)CC4)nc4c(F)c(-c5c(C)ccc6[nH]ncc56)c(C(=C)C)cc34)CC2)C1. The number of anilines is 1. The first-order valence-electron chi connectivity index (χ1n) is 16.4. The number of benzene rings is 2. The number of aromatic nitrogens is 4. The summed E-state index contributed by atoms with van der Waals surface area (Å²) < 4.78 is 23.7. The maximum Gasteiger partial charge on any atom is 0.319 e. The number of hydrogen-bond donors (Lipinski definition) is 1. The summed E-state index contributed by atoms with van der Waals surface area (Å²) in [6.45, 7) is 19.9. The van der Waals surface area contributed by atoms with Gasteiger partial charge in [-0.1, -0.05) is 31.7 Å². The zero-order valence-corrected chi connectivity index (χ0v) is 27.0. The molecule has 5 heterocycles. The van der Waals surface area contributed by atoms with Crippen molar-refractivity contribution in [2.45, 2.75) is 52.6 Å². The van der Waals surface area contributed by atoms with Gasteiger partial charge in [-0.05, 0) is 81.0 Å². The molecule has 0 unspecified atom stereocenters. The third-order valence-corrected chi connectivity index (χ3v) is 10.3. The Bertz CT molecular complexity index is 1840. The Morgan fingerprint density at radius 1 is 1.13 bits per heavy atom. The number of amides is 1. The van der Waals surface area contributed by atoms with Crippen molar-refractivity contribution in [2.75, 3.05) is 50.7 Å². The van der Waals surface area contributed by atoms with Crippen LogP contribution >= 0.6 is 0 Å². The van der Waals surface area contributed by atoms with Crippen molar-refractivity contribution in [3.8, 4) is 17.1 Å². The highest BCUT2D eigenvalue weighted by Crippen LogP contribution is 2.45. The van der Waals surface area contributed by atoms with Crippen LogP contribution < -0.4 is 9.64 Å². The minimum atomic E-state index is -0.410. The van der Waals surface area contributed by atoms with E-state index in [0.29, 0.717) is 16.8 Å². The van der Waals surface area contributed by atoms with E-state index >= 15 is 4.39 Å². The molecule has 0 atom stereocenters. The lowest BCUT2D eigenvalue weighted by Gasteiger charge is -2.54. The van der Waals surface area contributed by atoms with Crippen molar-refractivity contribution < 1.29 is 13.9 Å². The van der Waals surface area contributed by atoms with E-state index in [9.17, 15) is 4.79 Å². The fourth-order valence-corrected chi connectivity index (χ4v) is 7.57. The number of likely N-dealkylation sites (tertiary alicyclic amines) is 2. The number of carbonyl (C=O) groups is 1. The van der Waals surface area contributed by atoms with Crippen molar-refractivity contribution in [1.29, 1.82) is 0 Å². The van der Waals surface area contributed by atoms with Crippen LogP contribution in [0.15, 0.2) is 43.6 Å². The molecule has 4 aromatic rings. The summed E-state index contributed by atoms with van der Waals surface area (Å²) in [5.74, 6) is 0.263. The van der Waals surface area contributed by atoms with Crippen molar-refractivity contribution >= 4 is 39.1 Å². The van der Waals surface area contributed by atoms with E-state index in [1.54, 1.807) is 6.20 Å². The summed E-state index contributed by atoms with van der Waals surface area (Å²) in [6.07, 6.45) is 6.70. The molecule has 0 aliphatic carbocycles. The molecule has 46 heavy (non-hydrogen) atoms. The predicted octanol–water partition coefficient (Wildman–Crippen LogP) is 6.13. The minimum absolute atomic E-state index is 0.0126. The Kier molecular flexibility index (Phi) is 7.79. The summed E-state index contributed by atoms with van der Waals surface area (Å²) in [5, 5.41) is 8.78. The van der Waals surface area contributed by atoms with Crippen LogP contribution in [0.4, 0.5) is 10.2 Å². The fourth-order valence-electron chi connectivity index (χ4n) is 7.57. The average Bonchev–Trinajstić information content (AvgIpc) is 3.53. The van der Waals surface area contributed by atoms with Gasteiger partial charge in [0.2, 0.25) is 5.91 Å². The molecule has 2 aromatic carbocycles. The lowest BCUT2D eigenvalue weighted by Crippen LogP contribution is -2.61. The van der Waals surface area contributed by atoms with Crippen LogP contribution in [0, 0.1) is 18.2 Å². The first kappa shape index (κ1) is 30.3. The number of carbonyl (C=O) groups excluding carboxylic acids is 1. The molecule has 1 N–H and O–H groups in total. The number of nitrogens with one attached hydrogen (secondary N) is 1. The highest BCUT2D eigenvalue weighted by Gasteiger charge is 2.46. The van der Waals surface area contributed by atoms with Gasteiger partial charge in [0.1, 0.15) is 17.4 Å². The first-order chi connectivity index (χ1) is 22.2. The van der Waals surface area contributed by atoms with E-state index in [2.05, 4.69) is 40.1 Å². The lowest BCUT2D eigenvalue weighted by atomic mass is 9.72. The number of H-pyrrole nitrogens is 1. The van der Waals surface area contributed by atoms with Gasteiger partial charge in [0.25, 0.3) is 0 Å². The number of allylic oxidation sites excluding steroid dienone is 1. The predicted molar refractivity (Wildman–Crippen MR) is 180 cm³/mol. The van der Waals surface area contributed by atoms with E-state index < -0.39 is 5.82 Å². The minimum Gasteiger partial charge on any atom is -0.460 e. The van der Waals surface area contributed by atoms with Gasteiger partial charge in [-0.15, -0.1) is 0 Å². The molecule has 3 aliphatic heterocycles. The quantitative estimate of drug-likeness (QED) is 0.248. The molecule has 2 aromatic heterocycles. The highest BCUT2D eigenvalue weighted by atomic mass is 19.1. The number of ether oxygens (including phenoxy) is 1. The second-order valence-electron chi connectivity index (χ2n) is 13.3. The standard InChI is InChI=1S/C36H42FN7O2/c1-6-29(45)44-20-36(21-44)12-16-43(17-13-36)34-26-18-25(22(3)4)31(30-23(5)8-9-28-27(30)19-38-41-28)32(37)33(26)39-35(40-34)46-24-10-14-42(7-2)15-11-24/h6,8-9,18-19,24H,1,3,7,10-17,20-21H2,2,4-5H3,(H,38,41). The molecule has 0 radical (unpaired) electrons. The third-order valence-electron chi connectivity index (χ3n) is 10.3. The van der Waals surface area contributed by atoms with Gasteiger partial charge in [-0.2, -0.15) is 15.1 Å². The van der Waals surface area contributed by atoms with Crippen molar-refractivity contribution in [3.63, 3.8) is 0 Å². The van der Waals surface area contributed by atoms with Crippen molar-refractivity contribution in [2.24, 2.45) is 5.41 Å². The van der Waals surface area contributed by atoms with Gasteiger partial charge in [0, 0.05) is 61.0 Å². The maximum absolute atomic E-state index is 17.2. The number of halogens is 1. The van der Waals surface area contributed by atoms with Gasteiger partial charge < -0.3 is 19.4 Å². The van der Waals surface area contributed by atoms with Gasteiger partial charge in [0.05, 0.1) is 11.7 Å². The van der Waals surface area contributed by atoms with Crippen LogP contribution in [0.25, 0.3) is 38.5 Å². The average molecular weight is 624 g/mol. The highest BCUT2D eigenvalue weighted by molar-refractivity contribution is 6.04. The summed E-state index contributed by atoms with van der Waals surface area (Å²) >= 11 is 0. The topological polar surface area (TPSA) is 90.5 Å². The number of piperidine rings is 2. The fraction of sp³-hybridized carbons (Fsp3) is 0.444. The van der Waals surface area contributed by atoms with Crippen LogP contribution in [-0.4, -0.2) is 87.8 Å². The Hall–Kier alpha value is -4.31. The molecule has 1 amide bonds. The summed E-state index contributed by atoms with van der Waals surface area (Å²) in [6, 6.07) is 6.17. The molecule has 3 aliphatic rings. The van der Waals surface area contributed by atoms with E-state index in [1.807, 2.05) is 36.9 Å². The monoisotopic (exact) mass is 623 g/mol. The molecule has 0 saturated carbocycles. The smallest absolute Gasteiger partial charge is 0.319 e. The van der Waals surface area contributed by atoms with E-state index in [4.69, 9.17) is 14.7 Å². The number of hydrogen-bond acceptors (Lipinski definition) is 7. The molecule has 9 nitrogen and oxygen atoms in total. The Morgan fingerprint density at radius 2 is 1.87 bits per heavy atom. The molecule has 1 spiro atoms. The molecule has 0 bridgehead atoms. The maximum atomic E-state index is 17.2. The summed E-state index contributed by atoms with van der Waals surface area (Å²) in [4.78, 5) is 28.4. The third kappa shape index (κ3) is 5.22. The Balaban J connectivity index is 1.32. The van der Waals surface area contributed by atoms with Crippen molar-refractivity contribution in [3.05, 3.63) is 60.6 Å². The number of aryl methyl sites for hydroxylation is 1. The molecule has 3 fully saturated rings. The Labute approximate surface area is 269 Å². The van der Waals surface area contributed by atoms with Crippen LogP contribution in [0.1, 0.15) is 50.7 Å². The summed E-state index contributed by atoms with van der Waals surface area (Å²) in [7, 11) is 0. The van der Waals surface area contributed by atoms with Crippen LogP contribution in [-0.2, 0) is 4.79 Å². The molecular formula is C36H42FN7O2. The van der Waals surface area contributed by atoms with Gasteiger partial charge in [-0.25, -0.2) is 4.39 Å². The largest absolute Gasteiger partial charge is 0.460 e. The van der Waals surface area contributed by atoms with Crippen LogP contribution in [0.2, 0.25) is 0 Å². The molecular weight excluding hydrogens is 581 g/mol. The molecule has 3 saturated heterocycles. The summed E-state index contributed by atoms with van der Waals surface area (Å²) in [5.41, 5.74) is 4.85. The second-order valence-corrected chi connectivity index (χ2v) is 13.3.